The van der Waals surface area contributed by atoms with Gasteiger partial charge in [-0.25, -0.2) is 4.39 Å². The van der Waals surface area contributed by atoms with Crippen LogP contribution >= 0.6 is 0 Å². The van der Waals surface area contributed by atoms with Crippen LogP contribution in [0.15, 0.2) is 12.4 Å². The fourth-order valence-corrected chi connectivity index (χ4v) is 0.625. The van der Waals surface area contributed by atoms with Gasteiger partial charge in [-0.15, -0.1) is 0 Å². The molecule has 1 aromatic rings. The van der Waals surface area contributed by atoms with Crippen molar-refractivity contribution in [2.45, 2.75) is 13.0 Å². The first kappa shape index (κ1) is 6.75. The van der Waals surface area contributed by atoms with Gasteiger partial charge in [-0.2, -0.15) is 10.4 Å². The maximum absolute atomic E-state index is 12.2. The second-order valence-electron chi connectivity index (χ2n) is 1.83. The second kappa shape index (κ2) is 2.97. The van der Waals surface area contributed by atoms with E-state index in [1.165, 1.54) is 10.9 Å². The van der Waals surface area contributed by atoms with Gasteiger partial charge in [-0.1, -0.05) is 0 Å². The lowest BCUT2D eigenvalue weighted by molar-refractivity contribution is 0.603. The van der Waals surface area contributed by atoms with Crippen molar-refractivity contribution in [2.75, 3.05) is 0 Å². The molecule has 0 saturated heterocycles. The molecule has 52 valence electrons. The van der Waals surface area contributed by atoms with Crippen molar-refractivity contribution in [3.05, 3.63) is 18.2 Å². The van der Waals surface area contributed by atoms with Crippen molar-refractivity contribution in [1.82, 2.24) is 9.78 Å². The zero-order chi connectivity index (χ0) is 7.40. The molecule has 0 aromatic carbocycles. The first-order valence-corrected chi connectivity index (χ1v) is 2.88. The summed E-state index contributed by atoms with van der Waals surface area (Å²) in [6.07, 6.45) is 2.75. The Kier molecular flexibility index (Phi) is 2.00. The van der Waals surface area contributed by atoms with Crippen LogP contribution in [0.3, 0.4) is 0 Å². The van der Waals surface area contributed by atoms with Crippen molar-refractivity contribution in [3.8, 4) is 6.07 Å². The maximum atomic E-state index is 12.2. The second-order valence-corrected chi connectivity index (χ2v) is 1.83. The zero-order valence-corrected chi connectivity index (χ0v) is 5.29. The van der Waals surface area contributed by atoms with E-state index in [1.54, 1.807) is 0 Å². The van der Waals surface area contributed by atoms with E-state index in [9.17, 15) is 4.39 Å². The molecule has 0 unspecified atom stereocenters. The highest BCUT2D eigenvalue weighted by Gasteiger charge is 1.93. The van der Waals surface area contributed by atoms with Gasteiger partial charge in [0.05, 0.1) is 31.4 Å². The van der Waals surface area contributed by atoms with Gasteiger partial charge in [0, 0.05) is 0 Å². The molecule has 10 heavy (non-hydrogen) atoms. The zero-order valence-electron chi connectivity index (χ0n) is 5.29. The Labute approximate surface area is 57.7 Å². The Morgan fingerprint density at radius 2 is 2.60 bits per heavy atom. The number of hydrogen-bond donors (Lipinski definition) is 0. The summed E-state index contributed by atoms with van der Waals surface area (Å²) in [6, 6.07) is 1.94. The number of nitrogens with zero attached hydrogens (tertiary/aromatic N) is 3. The minimum absolute atomic E-state index is 0.362. The van der Waals surface area contributed by atoms with E-state index >= 15 is 0 Å². The van der Waals surface area contributed by atoms with Crippen LogP contribution < -0.4 is 0 Å². The van der Waals surface area contributed by atoms with Gasteiger partial charge in [-0.3, -0.25) is 4.68 Å². The normalized spacial score (nSPS) is 9.20. The molecule has 0 amide bonds. The highest BCUT2D eigenvalue weighted by molar-refractivity contribution is 4.84. The van der Waals surface area contributed by atoms with Gasteiger partial charge in [0.15, 0.2) is 5.82 Å². The van der Waals surface area contributed by atoms with Crippen LogP contribution in [0.2, 0.25) is 0 Å². The van der Waals surface area contributed by atoms with Crippen LogP contribution in [0.4, 0.5) is 4.39 Å². The quantitative estimate of drug-likeness (QED) is 0.611. The van der Waals surface area contributed by atoms with Crippen molar-refractivity contribution in [3.63, 3.8) is 0 Å². The first-order valence-electron chi connectivity index (χ1n) is 2.88. The third kappa shape index (κ3) is 1.55. The van der Waals surface area contributed by atoms with Crippen LogP contribution in [0.25, 0.3) is 0 Å². The van der Waals surface area contributed by atoms with E-state index in [4.69, 9.17) is 5.26 Å². The number of nitriles is 1. The third-order valence-electron chi connectivity index (χ3n) is 1.05. The molecule has 3 nitrogen and oxygen atoms in total. The summed E-state index contributed by atoms with van der Waals surface area (Å²) >= 11 is 0. The van der Waals surface area contributed by atoms with Crippen molar-refractivity contribution in [1.29, 1.82) is 5.26 Å². The van der Waals surface area contributed by atoms with Crippen LogP contribution in [0, 0.1) is 17.1 Å². The van der Waals surface area contributed by atoms with Gasteiger partial charge in [-0.05, 0) is 0 Å². The fraction of sp³-hybridized carbons (Fsp3) is 0.333. The lowest BCUT2D eigenvalue weighted by Crippen LogP contribution is -1.96. The average Bonchev–Trinajstić information content (AvgIpc) is 2.31. The molecule has 0 fully saturated rings. The average molecular weight is 139 g/mol. The molecule has 0 aliphatic heterocycles. The van der Waals surface area contributed by atoms with Crippen molar-refractivity contribution >= 4 is 0 Å². The molecule has 0 saturated carbocycles. The van der Waals surface area contributed by atoms with E-state index in [0.29, 0.717) is 13.0 Å². The van der Waals surface area contributed by atoms with Gasteiger partial charge < -0.3 is 0 Å². The van der Waals surface area contributed by atoms with Crippen molar-refractivity contribution < 1.29 is 4.39 Å². The van der Waals surface area contributed by atoms with Crippen LogP contribution in [0.1, 0.15) is 6.42 Å². The Morgan fingerprint density at radius 3 is 3.10 bits per heavy atom. The number of halogens is 1. The molecule has 0 spiro atoms. The summed E-state index contributed by atoms with van der Waals surface area (Å²) in [6.45, 7) is 0.459. The van der Waals surface area contributed by atoms with Gasteiger partial charge in [0.2, 0.25) is 0 Å². The van der Waals surface area contributed by atoms with Crippen LogP contribution in [-0.4, -0.2) is 9.78 Å². The standard InChI is InChI=1S/C6H6FN3/c7-6-4-9-10(5-6)3-1-2-8/h4-5H,1,3H2. The molecular weight excluding hydrogens is 133 g/mol. The summed E-state index contributed by atoms with van der Waals surface area (Å²) in [5.74, 6) is -0.363. The maximum Gasteiger partial charge on any atom is 0.161 e. The molecule has 0 aliphatic rings. The molecule has 0 bridgehead atoms. The Bertz CT molecular complexity index is 248. The van der Waals surface area contributed by atoms with E-state index in [2.05, 4.69) is 5.10 Å². The number of rotatable bonds is 2. The summed E-state index contributed by atoms with van der Waals surface area (Å²) in [5.41, 5.74) is 0. The third-order valence-corrected chi connectivity index (χ3v) is 1.05. The summed E-state index contributed by atoms with van der Waals surface area (Å²) in [4.78, 5) is 0. The monoisotopic (exact) mass is 139 g/mol. The van der Waals surface area contributed by atoms with Gasteiger partial charge in [0.1, 0.15) is 0 Å². The van der Waals surface area contributed by atoms with E-state index in [0.717, 1.165) is 6.20 Å². The topological polar surface area (TPSA) is 41.6 Å². The minimum Gasteiger partial charge on any atom is -0.269 e. The minimum atomic E-state index is -0.363. The van der Waals surface area contributed by atoms with E-state index in [-0.39, 0.29) is 5.82 Å². The molecule has 1 rings (SSSR count). The number of aromatic nitrogens is 2. The summed E-state index contributed by atoms with van der Waals surface area (Å²) < 4.78 is 13.6. The van der Waals surface area contributed by atoms with Gasteiger partial charge >= 0.3 is 0 Å². The number of hydrogen-bond acceptors (Lipinski definition) is 2. The molecule has 4 heteroatoms. The first-order chi connectivity index (χ1) is 4.83. The van der Waals surface area contributed by atoms with E-state index < -0.39 is 0 Å². The summed E-state index contributed by atoms with van der Waals surface area (Å²) in [5, 5.41) is 11.8. The molecule has 0 atom stereocenters. The molecule has 0 radical (unpaired) electrons. The predicted octanol–water partition coefficient (Wildman–Crippen LogP) is 0.936. The molecule has 1 heterocycles. The Morgan fingerprint density at radius 1 is 1.80 bits per heavy atom. The summed E-state index contributed by atoms with van der Waals surface area (Å²) in [7, 11) is 0. The molecular formula is C6H6FN3. The molecule has 0 N–H and O–H groups in total. The van der Waals surface area contributed by atoms with E-state index in [1.807, 2.05) is 6.07 Å². The Hall–Kier alpha value is -1.37. The predicted molar refractivity (Wildman–Crippen MR) is 32.4 cm³/mol. The lowest BCUT2D eigenvalue weighted by atomic mass is 10.5. The fourth-order valence-electron chi connectivity index (χ4n) is 0.625. The smallest absolute Gasteiger partial charge is 0.161 e. The highest BCUT2D eigenvalue weighted by atomic mass is 19.1. The molecule has 0 aliphatic carbocycles. The van der Waals surface area contributed by atoms with Gasteiger partial charge in [0.25, 0.3) is 0 Å². The highest BCUT2D eigenvalue weighted by Crippen LogP contribution is 1.94. The SMILES string of the molecule is N#CCCn1cc(F)cn1. The van der Waals surface area contributed by atoms with Crippen LogP contribution in [-0.2, 0) is 6.54 Å². The number of aryl methyl sites for hydroxylation is 1. The largest absolute Gasteiger partial charge is 0.269 e. The van der Waals surface area contributed by atoms with Crippen LogP contribution in [0.5, 0.6) is 0 Å². The van der Waals surface area contributed by atoms with Crippen molar-refractivity contribution in [2.24, 2.45) is 0 Å². The lowest BCUT2D eigenvalue weighted by Gasteiger charge is -1.91. The molecule has 1 aromatic heterocycles. The Balaban J connectivity index is 2.52.